The molecule has 4 fully saturated rings. The fourth-order valence-corrected chi connectivity index (χ4v) is 7.48. The number of aromatic nitrogens is 1. The summed E-state index contributed by atoms with van der Waals surface area (Å²) in [4.78, 5) is 26.6. The van der Waals surface area contributed by atoms with Crippen LogP contribution >= 0.6 is 0 Å². The summed E-state index contributed by atoms with van der Waals surface area (Å²) in [5.74, 6) is -0.403. The molecule has 1 N–H and O–H groups in total. The molecule has 2 aromatic rings. The number of piperidine rings is 1. The predicted molar refractivity (Wildman–Crippen MR) is 121 cm³/mol. The van der Waals surface area contributed by atoms with Gasteiger partial charge in [0.05, 0.1) is 18.8 Å². The highest BCUT2D eigenvalue weighted by Crippen LogP contribution is 2.46. The van der Waals surface area contributed by atoms with Gasteiger partial charge in [0.15, 0.2) is 0 Å². The summed E-state index contributed by atoms with van der Waals surface area (Å²) in [6.07, 6.45) is 12.1. The average molecular weight is 437 g/mol. The Morgan fingerprint density at radius 3 is 2.25 bits per heavy atom. The first-order chi connectivity index (χ1) is 15.6. The number of carboxylic acids is 1. The SMILES string of the molecule is O=C(O)C(=O)c1cn(C2CC3COCC(C2)N3C2CC3CCCC(C3)C2)c2ccccc12. The number of carboxylic acid groups (broad SMARTS) is 1. The van der Waals surface area contributed by atoms with Gasteiger partial charge in [-0.1, -0.05) is 37.5 Å². The zero-order chi connectivity index (χ0) is 21.8. The van der Waals surface area contributed by atoms with Crippen LogP contribution in [0.15, 0.2) is 30.5 Å². The lowest BCUT2D eigenvalue weighted by molar-refractivity contribution is -0.131. The van der Waals surface area contributed by atoms with Gasteiger partial charge in [-0.05, 0) is 50.0 Å². The summed E-state index contributed by atoms with van der Waals surface area (Å²) in [5.41, 5.74) is 1.26. The lowest BCUT2D eigenvalue weighted by Crippen LogP contribution is -2.61. The molecule has 6 rings (SSSR count). The topological polar surface area (TPSA) is 71.8 Å². The highest BCUT2D eigenvalue weighted by molar-refractivity contribution is 6.42. The predicted octanol–water partition coefficient (Wildman–Crippen LogP) is 4.28. The maximum Gasteiger partial charge on any atom is 0.377 e. The van der Waals surface area contributed by atoms with Gasteiger partial charge in [0.1, 0.15) is 0 Å². The van der Waals surface area contributed by atoms with E-state index in [4.69, 9.17) is 4.74 Å². The molecule has 1 aromatic heterocycles. The highest BCUT2D eigenvalue weighted by atomic mass is 16.5. The van der Waals surface area contributed by atoms with Gasteiger partial charge in [0, 0.05) is 41.3 Å². The maximum absolute atomic E-state index is 12.4. The van der Waals surface area contributed by atoms with E-state index in [0.717, 1.165) is 48.8 Å². The van der Waals surface area contributed by atoms with Crippen molar-refractivity contribution in [1.82, 2.24) is 9.47 Å². The van der Waals surface area contributed by atoms with E-state index in [1.807, 2.05) is 24.3 Å². The van der Waals surface area contributed by atoms with Crippen molar-refractivity contribution in [2.75, 3.05) is 13.2 Å². The molecule has 6 nitrogen and oxygen atoms in total. The van der Waals surface area contributed by atoms with Crippen molar-refractivity contribution in [3.05, 3.63) is 36.0 Å². The lowest BCUT2D eigenvalue weighted by atomic mass is 9.69. The zero-order valence-electron chi connectivity index (χ0n) is 18.5. The van der Waals surface area contributed by atoms with Crippen molar-refractivity contribution in [3.8, 4) is 0 Å². The number of fused-ring (bicyclic) bond motifs is 5. The summed E-state index contributed by atoms with van der Waals surface area (Å²) in [7, 11) is 0. The Balaban J connectivity index is 1.30. The van der Waals surface area contributed by atoms with E-state index in [0.29, 0.717) is 23.7 Å². The first-order valence-electron chi connectivity index (χ1n) is 12.3. The number of morpholine rings is 1. The van der Waals surface area contributed by atoms with Gasteiger partial charge in [-0.15, -0.1) is 0 Å². The number of hydrogen-bond acceptors (Lipinski definition) is 4. The second kappa shape index (κ2) is 7.99. The number of Topliss-reactive ketones (excluding diaryl/α,β-unsaturated/α-hetero) is 1. The van der Waals surface area contributed by atoms with E-state index >= 15 is 0 Å². The molecule has 4 aliphatic rings. The molecule has 2 saturated heterocycles. The summed E-state index contributed by atoms with van der Waals surface area (Å²) >= 11 is 0. The van der Waals surface area contributed by atoms with E-state index in [1.165, 1.54) is 38.5 Å². The van der Waals surface area contributed by atoms with Crippen LogP contribution in [0.2, 0.25) is 0 Å². The number of nitrogens with zero attached hydrogens (tertiary/aromatic N) is 2. The van der Waals surface area contributed by atoms with Gasteiger partial charge in [0.25, 0.3) is 5.78 Å². The van der Waals surface area contributed by atoms with E-state index < -0.39 is 11.8 Å². The van der Waals surface area contributed by atoms with Crippen molar-refractivity contribution < 1.29 is 19.4 Å². The number of para-hydroxylation sites is 1. The fraction of sp³-hybridized carbons (Fsp3) is 0.615. The molecule has 32 heavy (non-hydrogen) atoms. The van der Waals surface area contributed by atoms with Gasteiger partial charge < -0.3 is 14.4 Å². The average Bonchev–Trinajstić information content (AvgIpc) is 3.17. The number of rotatable bonds is 4. The minimum absolute atomic E-state index is 0.258. The standard InChI is InChI=1S/C26H32N2O4/c29-25(26(30)31)23-13-27(24-7-2-1-6-22(23)24)18-11-20-14-32-15-21(12-18)28(20)19-9-16-4-3-5-17(8-16)10-19/h1-2,6-7,13,16-21H,3-5,8-12,14-15H2,(H,30,31). The van der Waals surface area contributed by atoms with E-state index in [2.05, 4.69) is 9.47 Å². The molecule has 0 spiro atoms. The molecular formula is C26H32N2O4. The minimum atomic E-state index is -1.39. The third-order valence-electron chi connectivity index (χ3n) is 8.65. The molecule has 2 aliphatic heterocycles. The van der Waals surface area contributed by atoms with Crippen LogP contribution in [0.4, 0.5) is 0 Å². The molecule has 2 saturated carbocycles. The van der Waals surface area contributed by atoms with Gasteiger partial charge in [-0.3, -0.25) is 9.69 Å². The molecule has 3 heterocycles. The van der Waals surface area contributed by atoms with Crippen LogP contribution in [0.1, 0.15) is 67.8 Å². The number of ketones is 1. The van der Waals surface area contributed by atoms with Gasteiger partial charge in [0.2, 0.25) is 0 Å². The Bertz CT molecular complexity index is 1020. The van der Waals surface area contributed by atoms with Crippen molar-refractivity contribution in [2.24, 2.45) is 11.8 Å². The second-order valence-electron chi connectivity index (χ2n) is 10.5. The Morgan fingerprint density at radius 1 is 0.875 bits per heavy atom. The first kappa shape index (κ1) is 20.4. The van der Waals surface area contributed by atoms with Crippen LogP contribution < -0.4 is 0 Å². The maximum atomic E-state index is 12.4. The van der Waals surface area contributed by atoms with Crippen LogP contribution in [0.5, 0.6) is 0 Å². The van der Waals surface area contributed by atoms with Crippen molar-refractivity contribution in [3.63, 3.8) is 0 Å². The smallest absolute Gasteiger partial charge is 0.377 e. The molecule has 170 valence electrons. The molecule has 0 amide bonds. The first-order valence-corrected chi connectivity index (χ1v) is 12.3. The Morgan fingerprint density at radius 2 is 1.56 bits per heavy atom. The fourth-order valence-electron chi connectivity index (χ4n) is 7.48. The van der Waals surface area contributed by atoms with Gasteiger partial charge in [-0.2, -0.15) is 0 Å². The highest BCUT2D eigenvalue weighted by Gasteiger charge is 2.45. The molecule has 4 unspecified atom stereocenters. The Hall–Kier alpha value is -2.18. The van der Waals surface area contributed by atoms with Crippen LogP contribution in [0, 0.1) is 11.8 Å². The molecule has 4 bridgehead atoms. The minimum Gasteiger partial charge on any atom is -0.475 e. The van der Waals surface area contributed by atoms with E-state index in [-0.39, 0.29) is 6.04 Å². The third kappa shape index (κ3) is 3.39. The summed E-state index contributed by atoms with van der Waals surface area (Å²) in [6, 6.07) is 9.45. The van der Waals surface area contributed by atoms with Crippen molar-refractivity contribution in [2.45, 2.75) is 75.5 Å². The van der Waals surface area contributed by atoms with Crippen LogP contribution in [0.25, 0.3) is 10.9 Å². The quantitative estimate of drug-likeness (QED) is 0.572. The van der Waals surface area contributed by atoms with Gasteiger partial charge >= 0.3 is 5.97 Å². The van der Waals surface area contributed by atoms with Crippen LogP contribution in [-0.2, 0) is 9.53 Å². The molecule has 6 heteroatoms. The number of ether oxygens (including phenoxy) is 1. The number of carbonyl (C=O) groups is 2. The normalized spacial score (nSPS) is 35.0. The molecule has 4 atom stereocenters. The monoisotopic (exact) mass is 436 g/mol. The van der Waals surface area contributed by atoms with Crippen molar-refractivity contribution in [1.29, 1.82) is 0 Å². The van der Waals surface area contributed by atoms with Crippen LogP contribution in [-0.4, -0.2) is 57.7 Å². The van der Waals surface area contributed by atoms with E-state index in [1.54, 1.807) is 6.20 Å². The number of hydrogen-bond donors (Lipinski definition) is 1. The molecule has 2 aliphatic carbocycles. The van der Waals surface area contributed by atoms with E-state index in [9.17, 15) is 14.7 Å². The Labute approximate surface area is 188 Å². The number of aliphatic carboxylic acids is 1. The molecule has 1 aromatic carbocycles. The Kier molecular flexibility index (Phi) is 5.10. The number of carbonyl (C=O) groups excluding carboxylic acids is 1. The van der Waals surface area contributed by atoms with Gasteiger partial charge in [-0.25, -0.2) is 4.79 Å². The van der Waals surface area contributed by atoms with Crippen LogP contribution in [0.3, 0.4) is 0 Å². The lowest BCUT2D eigenvalue weighted by Gasteiger charge is -2.55. The summed E-state index contributed by atoms with van der Waals surface area (Å²) in [6.45, 7) is 1.55. The summed E-state index contributed by atoms with van der Waals surface area (Å²) in [5, 5.41) is 10.1. The largest absolute Gasteiger partial charge is 0.475 e. The number of benzene rings is 1. The third-order valence-corrected chi connectivity index (χ3v) is 8.65. The summed E-state index contributed by atoms with van der Waals surface area (Å²) < 4.78 is 8.20. The second-order valence-corrected chi connectivity index (χ2v) is 10.5. The zero-order valence-corrected chi connectivity index (χ0v) is 18.5. The molecular weight excluding hydrogens is 404 g/mol. The van der Waals surface area contributed by atoms with Crippen molar-refractivity contribution >= 4 is 22.7 Å². The molecule has 0 radical (unpaired) electrons.